The number of rotatable bonds is 5. The van der Waals surface area contributed by atoms with Gasteiger partial charge in [-0.1, -0.05) is 11.6 Å². The van der Waals surface area contributed by atoms with Gasteiger partial charge in [0.25, 0.3) is 0 Å². The summed E-state index contributed by atoms with van der Waals surface area (Å²) in [7, 11) is -3.79. The van der Waals surface area contributed by atoms with Crippen LogP contribution in [0.5, 0.6) is 11.5 Å². The molecule has 0 atom stereocenters. The second-order valence-electron chi connectivity index (χ2n) is 5.68. The van der Waals surface area contributed by atoms with Crippen molar-refractivity contribution in [3.8, 4) is 11.5 Å². The monoisotopic (exact) mass is 400 g/mol. The Hall–Kier alpha value is -2.23. The predicted molar refractivity (Wildman–Crippen MR) is 92.6 cm³/mol. The smallest absolute Gasteiger partial charge is 0.312 e. The first-order valence-corrected chi connectivity index (χ1v) is 9.52. The van der Waals surface area contributed by atoms with Gasteiger partial charge in [0.05, 0.1) is 14.8 Å². The first kappa shape index (κ1) is 18.6. The zero-order valence-electron chi connectivity index (χ0n) is 13.4. The summed E-state index contributed by atoms with van der Waals surface area (Å²) >= 11 is 5.67. The zero-order valence-corrected chi connectivity index (χ0v) is 15.0. The van der Waals surface area contributed by atoms with Crippen LogP contribution in [0, 0.1) is 15.9 Å². The second-order valence-corrected chi connectivity index (χ2v) is 8.02. The lowest BCUT2D eigenvalue weighted by Gasteiger charge is -2.16. The Morgan fingerprint density at radius 1 is 1.15 bits per heavy atom. The molecule has 0 amide bonds. The summed E-state index contributed by atoms with van der Waals surface area (Å²) in [5, 5.41) is 11.2. The third kappa shape index (κ3) is 3.64. The van der Waals surface area contributed by atoms with Gasteiger partial charge in [-0.15, -0.1) is 0 Å². The number of nitro groups is 1. The van der Waals surface area contributed by atoms with Gasteiger partial charge in [-0.05, 0) is 37.1 Å². The quantitative estimate of drug-likeness (QED) is 0.559. The van der Waals surface area contributed by atoms with Crippen LogP contribution >= 0.6 is 11.6 Å². The second kappa shape index (κ2) is 7.18. The van der Waals surface area contributed by atoms with Crippen molar-refractivity contribution < 1.29 is 22.5 Å². The number of hydrogen-bond donors (Lipinski definition) is 0. The summed E-state index contributed by atoms with van der Waals surface area (Å²) in [6.45, 7) is 0.783. The van der Waals surface area contributed by atoms with Crippen LogP contribution in [0.2, 0.25) is 5.02 Å². The number of sulfonamides is 1. The molecule has 0 N–H and O–H groups in total. The van der Waals surface area contributed by atoms with E-state index in [1.165, 1.54) is 28.6 Å². The third-order valence-electron chi connectivity index (χ3n) is 3.95. The van der Waals surface area contributed by atoms with Crippen molar-refractivity contribution in [2.75, 3.05) is 13.1 Å². The largest absolute Gasteiger partial charge is 0.450 e. The molecule has 1 fully saturated rings. The number of nitro benzene ring substituents is 1. The van der Waals surface area contributed by atoms with Crippen molar-refractivity contribution >= 4 is 27.3 Å². The normalized spacial score (nSPS) is 15.2. The number of nitrogens with zero attached hydrogens (tertiary/aromatic N) is 2. The average molecular weight is 401 g/mol. The molecule has 0 aromatic heterocycles. The summed E-state index contributed by atoms with van der Waals surface area (Å²) < 4.78 is 45.0. The van der Waals surface area contributed by atoms with E-state index >= 15 is 0 Å². The third-order valence-corrected chi connectivity index (χ3v) is 6.13. The zero-order chi connectivity index (χ0) is 18.9. The van der Waals surface area contributed by atoms with E-state index in [-0.39, 0.29) is 21.4 Å². The van der Waals surface area contributed by atoms with Crippen LogP contribution in [0.1, 0.15) is 12.8 Å². The highest BCUT2D eigenvalue weighted by Gasteiger charge is 2.30. The van der Waals surface area contributed by atoms with Gasteiger partial charge >= 0.3 is 5.69 Å². The Kier molecular flexibility index (Phi) is 5.12. The minimum atomic E-state index is -3.79. The van der Waals surface area contributed by atoms with Crippen LogP contribution in [0.3, 0.4) is 0 Å². The standard InChI is InChI=1S/C16H14ClFN2O5S/c17-13-9-11(3-5-14(13)18)25-16-6-4-12(10-15(16)20(21)22)26(23,24)19-7-1-2-8-19/h3-6,9-10H,1-2,7-8H2. The topological polar surface area (TPSA) is 89.8 Å². The van der Waals surface area contributed by atoms with Gasteiger partial charge in [-0.3, -0.25) is 10.1 Å². The van der Waals surface area contributed by atoms with Gasteiger partial charge in [0, 0.05) is 25.2 Å². The minimum absolute atomic E-state index is 0.0923. The number of benzene rings is 2. The van der Waals surface area contributed by atoms with Crippen LogP contribution < -0.4 is 4.74 Å². The van der Waals surface area contributed by atoms with Crippen molar-refractivity contribution in [3.63, 3.8) is 0 Å². The lowest BCUT2D eigenvalue weighted by molar-refractivity contribution is -0.385. The SMILES string of the molecule is O=[N+]([O-])c1cc(S(=O)(=O)N2CCCC2)ccc1Oc1ccc(F)c(Cl)c1. The van der Waals surface area contributed by atoms with Gasteiger partial charge in [0.1, 0.15) is 11.6 Å². The number of hydrogen-bond acceptors (Lipinski definition) is 5. The van der Waals surface area contributed by atoms with Crippen molar-refractivity contribution in [1.29, 1.82) is 0 Å². The Balaban J connectivity index is 1.97. The highest BCUT2D eigenvalue weighted by molar-refractivity contribution is 7.89. The van der Waals surface area contributed by atoms with Crippen molar-refractivity contribution in [2.24, 2.45) is 0 Å². The molecular formula is C16H14ClFN2O5S. The molecule has 10 heteroatoms. The molecule has 3 rings (SSSR count). The molecule has 0 spiro atoms. The maximum Gasteiger partial charge on any atom is 0.312 e. The fourth-order valence-corrected chi connectivity index (χ4v) is 4.34. The molecule has 1 saturated heterocycles. The highest BCUT2D eigenvalue weighted by Crippen LogP contribution is 2.35. The molecular weight excluding hydrogens is 387 g/mol. The highest BCUT2D eigenvalue weighted by atomic mass is 35.5. The van der Waals surface area contributed by atoms with Gasteiger partial charge < -0.3 is 4.74 Å². The number of ether oxygens (including phenoxy) is 1. The molecule has 0 unspecified atom stereocenters. The summed E-state index contributed by atoms with van der Waals surface area (Å²) in [6.07, 6.45) is 1.52. The van der Waals surface area contributed by atoms with Gasteiger partial charge in [0.15, 0.2) is 0 Å². The van der Waals surface area contributed by atoms with Gasteiger partial charge in [-0.25, -0.2) is 12.8 Å². The lowest BCUT2D eigenvalue weighted by Crippen LogP contribution is -2.27. The van der Waals surface area contributed by atoms with E-state index in [1.807, 2.05) is 0 Å². The summed E-state index contributed by atoms with van der Waals surface area (Å²) in [5.41, 5.74) is -0.509. The molecule has 26 heavy (non-hydrogen) atoms. The molecule has 0 bridgehead atoms. The predicted octanol–water partition coefficient (Wildman–Crippen LogP) is 3.96. The van der Waals surface area contributed by atoms with E-state index in [1.54, 1.807) is 0 Å². The fraction of sp³-hybridized carbons (Fsp3) is 0.250. The molecule has 1 heterocycles. The minimum Gasteiger partial charge on any atom is -0.450 e. The van der Waals surface area contributed by atoms with E-state index in [2.05, 4.69) is 0 Å². The van der Waals surface area contributed by atoms with Crippen molar-refractivity contribution in [3.05, 3.63) is 57.4 Å². The van der Waals surface area contributed by atoms with Crippen LogP contribution in [0.25, 0.3) is 0 Å². The maximum atomic E-state index is 13.2. The van der Waals surface area contributed by atoms with Gasteiger partial charge in [-0.2, -0.15) is 4.31 Å². The summed E-state index contributed by atoms with van der Waals surface area (Å²) in [4.78, 5) is 10.5. The van der Waals surface area contributed by atoms with E-state index in [9.17, 15) is 22.9 Å². The molecule has 0 saturated carbocycles. The van der Waals surface area contributed by atoms with Crippen molar-refractivity contribution in [2.45, 2.75) is 17.7 Å². The molecule has 138 valence electrons. The first-order chi connectivity index (χ1) is 12.3. The van der Waals surface area contributed by atoms with Crippen molar-refractivity contribution in [1.82, 2.24) is 4.31 Å². The molecule has 2 aromatic carbocycles. The van der Waals surface area contributed by atoms with Crippen LogP contribution in [-0.4, -0.2) is 30.7 Å². The molecule has 0 aliphatic carbocycles. The first-order valence-electron chi connectivity index (χ1n) is 7.70. The Morgan fingerprint density at radius 3 is 2.46 bits per heavy atom. The summed E-state index contributed by atoms with van der Waals surface area (Å²) in [6, 6.07) is 6.93. The van der Waals surface area contributed by atoms with Crippen LogP contribution in [-0.2, 0) is 10.0 Å². The van der Waals surface area contributed by atoms with E-state index in [0.29, 0.717) is 13.1 Å². The van der Waals surface area contributed by atoms with Crippen LogP contribution in [0.4, 0.5) is 10.1 Å². The summed E-state index contributed by atoms with van der Waals surface area (Å²) in [5.74, 6) is -0.728. The Labute approximate surface area is 154 Å². The molecule has 1 aliphatic rings. The average Bonchev–Trinajstić information content (AvgIpc) is 3.13. The Morgan fingerprint density at radius 2 is 1.85 bits per heavy atom. The molecule has 0 radical (unpaired) electrons. The van der Waals surface area contributed by atoms with E-state index in [0.717, 1.165) is 25.0 Å². The fourth-order valence-electron chi connectivity index (χ4n) is 2.63. The Bertz CT molecular complexity index is 961. The van der Waals surface area contributed by atoms with Crippen LogP contribution in [0.15, 0.2) is 41.3 Å². The molecule has 1 aliphatic heterocycles. The lowest BCUT2D eigenvalue weighted by atomic mass is 10.3. The van der Waals surface area contributed by atoms with Gasteiger partial charge in [0.2, 0.25) is 15.8 Å². The number of halogens is 2. The van der Waals surface area contributed by atoms with E-state index in [4.69, 9.17) is 16.3 Å². The van der Waals surface area contributed by atoms with E-state index < -0.39 is 26.5 Å². The molecule has 7 nitrogen and oxygen atoms in total. The molecule has 2 aromatic rings. The maximum absolute atomic E-state index is 13.2.